The second kappa shape index (κ2) is 10.1. The quantitative estimate of drug-likeness (QED) is 0.402. The van der Waals surface area contributed by atoms with Gasteiger partial charge in [0, 0.05) is 5.70 Å². The van der Waals surface area contributed by atoms with Crippen molar-refractivity contribution >= 4 is 23.0 Å². The molecule has 2 heterocycles. The number of imidazole rings is 1. The van der Waals surface area contributed by atoms with Gasteiger partial charge in [-0.25, -0.2) is 9.78 Å². The second-order valence-electron chi connectivity index (χ2n) is 8.79. The van der Waals surface area contributed by atoms with Crippen LogP contribution in [0.15, 0.2) is 59.8 Å². The second-order valence-corrected chi connectivity index (χ2v) is 8.79. The summed E-state index contributed by atoms with van der Waals surface area (Å²) in [5.74, 6) is 1.82. The minimum atomic E-state index is -0.358. The van der Waals surface area contributed by atoms with Crippen LogP contribution in [0.1, 0.15) is 58.6 Å². The molecular weight excluding hydrogens is 414 g/mol. The number of ether oxygens (including phenoxy) is 2. The van der Waals surface area contributed by atoms with Crippen molar-refractivity contribution in [2.75, 3.05) is 18.5 Å². The van der Waals surface area contributed by atoms with Gasteiger partial charge in [-0.15, -0.1) is 0 Å². The minimum absolute atomic E-state index is 0.298. The average molecular weight is 448 g/mol. The summed E-state index contributed by atoms with van der Waals surface area (Å²) in [7, 11) is 0. The number of para-hydroxylation sites is 2. The van der Waals surface area contributed by atoms with Gasteiger partial charge in [-0.1, -0.05) is 51.5 Å². The number of esters is 1. The Morgan fingerprint density at radius 1 is 1.15 bits per heavy atom. The topological polar surface area (TPSA) is 65.4 Å². The predicted molar refractivity (Wildman–Crippen MR) is 131 cm³/mol. The number of benzene rings is 2. The standard InChI is InChI=1S/C27H33N3O3/c1-5-10-22-24(26(31)32-6-2)25(19-11-9-12-20(17-19)33-16-15-18(3)4)30-23-14-8-7-13-21(23)28-27(30)29-22/h7-9,11-14,17-18,25H,5-6,10,15-16H2,1-4H3,(H,28,29)/t25-/m1/s1. The van der Waals surface area contributed by atoms with Crippen LogP contribution in [0.5, 0.6) is 5.75 Å². The number of aromatic nitrogens is 2. The number of nitrogens with zero attached hydrogens (tertiary/aromatic N) is 2. The van der Waals surface area contributed by atoms with Gasteiger partial charge in [-0.05, 0) is 55.5 Å². The van der Waals surface area contributed by atoms with E-state index in [4.69, 9.17) is 14.5 Å². The monoisotopic (exact) mass is 447 g/mol. The van der Waals surface area contributed by atoms with Crippen LogP contribution in [0.25, 0.3) is 11.0 Å². The number of anilines is 1. The average Bonchev–Trinajstić information content (AvgIpc) is 3.16. The fourth-order valence-corrected chi connectivity index (χ4v) is 4.28. The Labute approximate surface area is 195 Å². The first-order valence-corrected chi connectivity index (χ1v) is 11.9. The zero-order chi connectivity index (χ0) is 23.4. The highest BCUT2D eigenvalue weighted by Crippen LogP contribution is 2.41. The van der Waals surface area contributed by atoms with E-state index in [1.807, 2.05) is 55.5 Å². The Balaban J connectivity index is 1.86. The van der Waals surface area contributed by atoms with Gasteiger partial charge in [0.05, 0.1) is 35.9 Å². The van der Waals surface area contributed by atoms with Crippen molar-refractivity contribution in [2.24, 2.45) is 5.92 Å². The molecule has 0 spiro atoms. The molecular formula is C27H33N3O3. The maximum absolute atomic E-state index is 13.3. The summed E-state index contributed by atoms with van der Waals surface area (Å²) in [6.07, 6.45) is 2.62. The molecule has 1 aliphatic rings. The van der Waals surface area contributed by atoms with Crippen LogP contribution < -0.4 is 10.1 Å². The molecule has 3 aromatic rings. The summed E-state index contributed by atoms with van der Waals surface area (Å²) in [4.78, 5) is 18.1. The molecule has 2 aromatic carbocycles. The fraction of sp³-hybridized carbons (Fsp3) is 0.407. The van der Waals surface area contributed by atoms with Crippen LogP contribution in [0.4, 0.5) is 5.95 Å². The van der Waals surface area contributed by atoms with Gasteiger partial charge in [0.1, 0.15) is 5.75 Å². The smallest absolute Gasteiger partial charge is 0.338 e. The zero-order valence-electron chi connectivity index (χ0n) is 19.9. The Kier molecular flexibility index (Phi) is 7.02. The zero-order valence-corrected chi connectivity index (χ0v) is 19.9. The van der Waals surface area contributed by atoms with Crippen molar-refractivity contribution in [3.63, 3.8) is 0 Å². The largest absolute Gasteiger partial charge is 0.494 e. The first-order valence-electron chi connectivity index (χ1n) is 11.9. The minimum Gasteiger partial charge on any atom is -0.494 e. The van der Waals surface area contributed by atoms with Crippen molar-refractivity contribution in [3.8, 4) is 5.75 Å². The first kappa shape index (κ1) is 22.9. The van der Waals surface area contributed by atoms with Crippen LogP contribution in [0.2, 0.25) is 0 Å². The Hall–Kier alpha value is -3.28. The first-order chi connectivity index (χ1) is 16.0. The Bertz CT molecular complexity index is 1160. The summed E-state index contributed by atoms with van der Waals surface area (Å²) in [5.41, 5.74) is 4.33. The molecule has 0 amide bonds. The van der Waals surface area contributed by atoms with Crippen LogP contribution >= 0.6 is 0 Å². The molecule has 33 heavy (non-hydrogen) atoms. The van der Waals surface area contributed by atoms with Crippen molar-refractivity contribution in [2.45, 2.75) is 53.0 Å². The molecule has 1 N–H and O–H groups in total. The van der Waals surface area contributed by atoms with Gasteiger partial charge in [0.2, 0.25) is 5.95 Å². The van der Waals surface area contributed by atoms with E-state index in [-0.39, 0.29) is 12.0 Å². The van der Waals surface area contributed by atoms with Crippen molar-refractivity contribution < 1.29 is 14.3 Å². The van der Waals surface area contributed by atoms with Crippen molar-refractivity contribution in [1.29, 1.82) is 0 Å². The van der Waals surface area contributed by atoms with Crippen LogP contribution in [-0.4, -0.2) is 28.7 Å². The predicted octanol–water partition coefficient (Wildman–Crippen LogP) is 6.09. The molecule has 0 radical (unpaired) electrons. The molecule has 6 heteroatoms. The molecule has 0 saturated carbocycles. The molecule has 4 rings (SSSR count). The summed E-state index contributed by atoms with van der Waals surface area (Å²) in [5, 5.41) is 3.44. The number of fused-ring (bicyclic) bond motifs is 3. The van der Waals surface area contributed by atoms with Gasteiger partial charge >= 0.3 is 5.97 Å². The number of hydrogen-bond acceptors (Lipinski definition) is 5. The molecule has 1 aromatic heterocycles. The highest BCUT2D eigenvalue weighted by atomic mass is 16.5. The SMILES string of the molecule is CCCC1=C(C(=O)OCC)[C@@H](c2cccc(OCCC(C)C)c2)n2c(nc3ccccc32)N1. The van der Waals surface area contributed by atoms with Crippen LogP contribution in [0, 0.1) is 5.92 Å². The molecule has 0 unspecified atom stereocenters. The van der Waals surface area contributed by atoms with E-state index >= 15 is 0 Å². The number of hydrogen-bond donors (Lipinski definition) is 1. The Morgan fingerprint density at radius 2 is 1.97 bits per heavy atom. The summed E-state index contributed by atoms with van der Waals surface area (Å²) in [6.45, 7) is 9.30. The third-order valence-corrected chi connectivity index (χ3v) is 5.85. The van der Waals surface area contributed by atoms with E-state index in [9.17, 15) is 4.79 Å². The summed E-state index contributed by atoms with van der Waals surface area (Å²) in [6, 6.07) is 15.7. The molecule has 6 nitrogen and oxygen atoms in total. The molecule has 1 aliphatic heterocycles. The van der Waals surface area contributed by atoms with Crippen LogP contribution in [-0.2, 0) is 9.53 Å². The van der Waals surface area contributed by atoms with E-state index in [2.05, 4.69) is 30.7 Å². The highest BCUT2D eigenvalue weighted by molar-refractivity contribution is 5.94. The molecule has 0 fully saturated rings. The molecule has 0 bridgehead atoms. The Morgan fingerprint density at radius 3 is 2.73 bits per heavy atom. The third kappa shape index (κ3) is 4.75. The molecule has 174 valence electrons. The van der Waals surface area contributed by atoms with E-state index in [0.717, 1.165) is 53.3 Å². The lowest BCUT2D eigenvalue weighted by molar-refractivity contribution is -0.139. The number of nitrogens with one attached hydrogen (secondary N) is 1. The van der Waals surface area contributed by atoms with Gasteiger partial charge in [-0.3, -0.25) is 4.57 Å². The molecule has 0 saturated heterocycles. The number of carbonyl (C=O) groups excluding carboxylic acids is 1. The summed E-state index contributed by atoms with van der Waals surface area (Å²) >= 11 is 0. The van der Waals surface area contributed by atoms with E-state index in [1.54, 1.807) is 0 Å². The highest BCUT2D eigenvalue weighted by Gasteiger charge is 2.36. The molecule has 0 aliphatic carbocycles. The van der Waals surface area contributed by atoms with Gasteiger partial charge in [-0.2, -0.15) is 0 Å². The number of allylic oxidation sites excluding steroid dienone is 1. The maximum Gasteiger partial charge on any atom is 0.338 e. The normalized spacial score (nSPS) is 15.5. The van der Waals surface area contributed by atoms with E-state index < -0.39 is 0 Å². The van der Waals surface area contributed by atoms with Gasteiger partial charge in [0.25, 0.3) is 0 Å². The van der Waals surface area contributed by atoms with E-state index in [1.165, 1.54) is 0 Å². The maximum atomic E-state index is 13.3. The molecule has 1 atom stereocenters. The lowest BCUT2D eigenvalue weighted by Crippen LogP contribution is -2.29. The lowest BCUT2D eigenvalue weighted by atomic mass is 9.93. The van der Waals surface area contributed by atoms with Crippen LogP contribution in [0.3, 0.4) is 0 Å². The van der Waals surface area contributed by atoms with E-state index in [0.29, 0.717) is 24.7 Å². The number of carbonyl (C=O) groups is 1. The van der Waals surface area contributed by atoms with Gasteiger partial charge < -0.3 is 14.8 Å². The third-order valence-electron chi connectivity index (χ3n) is 5.85. The van der Waals surface area contributed by atoms with Crippen molar-refractivity contribution in [3.05, 3.63) is 65.4 Å². The fourth-order valence-electron chi connectivity index (χ4n) is 4.28. The lowest BCUT2D eigenvalue weighted by Gasteiger charge is -2.31. The van der Waals surface area contributed by atoms with Crippen molar-refractivity contribution in [1.82, 2.24) is 9.55 Å². The summed E-state index contributed by atoms with van der Waals surface area (Å²) < 4.78 is 13.7. The number of rotatable bonds is 9. The van der Waals surface area contributed by atoms with Gasteiger partial charge in [0.15, 0.2) is 0 Å².